The molecule has 0 aromatic heterocycles. The zero-order valence-corrected chi connectivity index (χ0v) is 13.7. The molecule has 0 aliphatic carbocycles. The molecule has 0 saturated carbocycles. The predicted molar refractivity (Wildman–Crippen MR) is 88.3 cm³/mol. The number of carbonyl (C=O) groups is 2. The Balaban J connectivity index is 1.75. The summed E-state index contributed by atoms with van der Waals surface area (Å²) in [7, 11) is 0. The van der Waals surface area contributed by atoms with Gasteiger partial charge in [-0.15, -0.1) is 0 Å². The van der Waals surface area contributed by atoms with E-state index in [1.165, 1.54) is 0 Å². The molecule has 0 saturated heterocycles. The minimum atomic E-state index is -0.261. The van der Waals surface area contributed by atoms with E-state index in [-0.39, 0.29) is 30.4 Å². The molecule has 1 heterocycles. The van der Waals surface area contributed by atoms with Crippen molar-refractivity contribution in [3.8, 4) is 5.75 Å². The lowest BCUT2D eigenvalue weighted by Crippen LogP contribution is -2.41. The first-order chi connectivity index (χ1) is 11.1. The molecule has 0 radical (unpaired) electrons. The van der Waals surface area contributed by atoms with E-state index in [0.717, 1.165) is 24.2 Å². The topological polar surface area (TPSA) is 79.5 Å². The van der Waals surface area contributed by atoms with Crippen molar-refractivity contribution in [2.24, 2.45) is 0 Å². The molecule has 1 aromatic carbocycles. The van der Waals surface area contributed by atoms with Gasteiger partial charge in [0.2, 0.25) is 5.91 Å². The van der Waals surface area contributed by atoms with Crippen molar-refractivity contribution in [3.05, 3.63) is 29.8 Å². The van der Waals surface area contributed by atoms with Gasteiger partial charge in [-0.3, -0.25) is 4.79 Å². The summed E-state index contributed by atoms with van der Waals surface area (Å²) in [5.41, 5.74) is 0.989. The lowest BCUT2D eigenvalue weighted by molar-refractivity contribution is -0.121. The molecule has 6 nitrogen and oxygen atoms in total. The lowest BCUT2D eigenvalue weighted by Gasteiger charge is -2.26. The fourth-order valence-corrected chi connectivity index (χ4v) is 2.44. The van der Waals surface area contributed by atoms with Crippen LogP contribution in [0.3, 0.4) is 0 Å². The molecule has 0 fully saturated rings. The Bertz CT molecular complexity index is 548. The van der Waals surface area contributed by atoms with Crippen LogP contribution in [-0.4, -0.2) is 31.1 Å². The van der Waals surface area contributed by atoms with Gasteiger partial charge in [0.25, 0.3) is 0 Å². The van der Waals surface area contributed by atoms with Crippen LogP contribution in [0.15, 0.2) is 24.3 Å². The Kier molecular flexibility index (Phi) is 6.26. The van der Waals surface area contributed by atoms with Gasteiger partial charge < -0.3 is 20.7 Å². The van der Waals surface area contributed by atoms with Gasteiger partial charge in [0.15, 0.2) is 0 Å². The Labute approximate surface area is 137 Å². The first kappa shape index (κ1) is 17.1. The van der Waals surface area contributed by atoms with E-state index in [9.17, 15) is 9.59 Å². The average Bonchev–Trinajstić information content (AvgIpc) is 2.55. The first-order valence-corrected chi connectivity index (χ1v) is 8.15. The van der Waals surface area contributed by atoms with Gasteiger partial charge in [-0.1, -0.05) is 25.1 Å². The zero-order valence-electron chi connectivity index (χ0n) is 13.7. The van der Waals surface area contributed by atoms with Crippen LogP contribution in [0.5, 0.6) is 5.75 Å². The van der Waals surface area contributed by atoms with Gasteiger partial charge in [-0.2, -0.15) is 0 Å². The summed E-state index contributed by atoms with van der Waals surface area (Å²) >= 11 is 0. The Morgan fingerprint density at radius 2 is 2.13 bits per heavy atom. The maximum atomic E-state index is 12.0. The maximum absolute atomic E-state index is 12.0. The summed E-state index contributed by atoms with van der Waals surface area (Å²) in [6.45, 7) is 4.88. The average molecular weight is 319 g/mol. The number of hydrogen-bond acceptors (Lipinski definition) is 3. The number of amides is 3. The molecular weight excluding hydrogens is 294 g/mol. The minimum absolute atomic E-state index is 0.0453. The highest BCUT2D eigenvalue weighted by Crippen LogP contribution is 2.31. The van der Waals surface area contributed by atoms with Crippen LogP contribution in [0.2, 0.25) is 0 Å². The van der Waals surface area contributed by atoms with Gasteiger partial charge in [-0.25, -0.2) is 4.79 Å². The van der Waals surface area contributed by atoms with E-state index in [4.69, 9.17) is 4.74 Å². The quantitative estimate of drug-likeness (QED) is 0.751. The number of nitrogens with one attached hydrogen (secondary N) is 3. The highest BCUT2D eigenvalue weighted by atomic mass is 16.5. The third-order valence-corrected chi connectivity index (χ3v) is 3.92. The van der Waals surface area contributed by atoms with Crippen LogP contribution in [0.4, 0.5) is 4.79 Å². The molecule has 126 valence electrons. The van der Waals surface area contributed by atoms with Crippen molar-refractivity contribution in [1.82, 2.24) is 16.0 Å². The van der Waals surface area contributed by atoms with E-state index >= 15 is 0 Å². The summed E-state index contributed by atoms with van der Waals surface area (Å²) < 4.78 is 5.57. The monoisotopic (exact) mass is 319 g/mol. The Morgan fingerprint density at radius 3 is 2.91 bits per heavy atom. The fraction of sp³-hybridized carbons (Fsp3) is 0.529. The molecule has 1 aliphatic rings. The number of benzene rings is 1. The molecule has 0 bridgehead atoms. The number of fused-ring (bicyclic) bond motifs is 1. The number of urea groups is 1. The second-order valence-corrected chi connectivity index (χ2v) is 5.75. The van der Waals surface area contributed by atoms with E-state index in [2.05, 4.69) is 16.0 Å². The molecular formula is C17H25N3O3. The predicted octanol–water partition coefficient (Wildman–Crippen LogP) is 2.11. The third-order valence-electron chi connectivity index (χ3n) is 3.92. The molecule has 1 aromatic rings. The maximum Gasteiger partial charge on any atom is 0.315 e. The molecule has 2 atom stereocenters. The molecule has 0 spiro atoms. The molecule has 6 heteroatoms. The van der Waals surface area contributed by atoms with Gasteiger partial charge >= 0.3 is 6.03 Å². The van der Waals surface area contributed by atoms with Crippen molar-refractivity contribution >= 4 is 11.9 Å². The van der Waals surface area contributed by atoms with Gasteiger partial charge in [-0.05, 0) is 19.4 Å². The van der Waals surface area contributed by atoms with Crippen LogP contribution >= 0.6 is 0 Å². The number of carbonyl (C=O) groups excluding carboxylic acids is 2. The van der Waals surface area contributed by atoms with E-state index in [1.807, 2.05) is 38.1 Å². The van der Waals surface area contributed by atoms with Gasteiger partial charge in [0.1, 0.15) is 5.75 Å². The number of para-hydroxylation sites is 1. The van der Waals surface area contributed by atoms with Crippen LogP contribution < -0.4 is 20.7 Å². The molecule has 23 heavy (non-hydrogen) atoms. The van der Waals surface area contributed by atoms with Crippen molar-refractivity contribution in [2.75, 3.05) is 13.2 Å². The summed E-state index contributed by atoms with van der Waals surface area (Å²) in [6, 6.07) is 7.54. The third kappa shape index (κ3) is 5.16. The molecule has 0 unspecified atom stereocenters. The minimum Gasteiger partial charge on any atom is -0.493 e. The Hall–Kier alpha value is -2.24. The van der Waals surface area contributed by atoms with Crippen LogP contribution in [-0.2, 0) is 4.79 Å². The van der Waals surface area contributed by atoms with E-state index in [1.54, 1.807) is 0 Å². The molecule has 3 amide bonds. The van der Waals surface area contributed by atoms with Crippen molar-refractivity contribution < 1.29 is 14.3 Å². The Morgan fingerprint density at radius 1 is 1.35 bits per heavy atom. The van der Waals surface area contributed by atoms with Crippen molar-refractivity contribution in [2.45, 2.75) is 45.2 Å². The van der Waals surface area contributed by atoms with Crippen molar-refractivity contribution in [3.63, 3.8) is 0 Å². The summed E-state index contributed by atoms with van der Waals surface area (Å²) in [5.74, 6) is 0.771. The lowest BCUT2D eigenvalue weighted by atomic mass is 10.0. The first-order valence-electron chi connectivity index (χ1n) is 8.15. The molecule has 1 aliphatic heterocycles. The number of rotatable bonds is 6. The fourth-order valence-electron chi connectivity index (χ4n) is 2.44. The van der Waals surface area contributed by atoms with E-state index in [0.29, 0.717) is 13.2 Å². The SMILES string of the molecule is CC[C@H](C)NC(=O)CCNC(=O)N[C@@H]1CCOc2ccccc21. The second kappa shape index (κ2) is 8.41. The second-order valence-electron chi connectivity index (χ2n) is 5.75. The highest BCUT2D eigenvalue weighted by Gasteiger charge is 2.22. The van der Waals surface area contributed by atoms with Gasteiger partial charge in [0, 0.05) is 31.0 Å². The smallest absolute Gasteiger partial charge is 0.315 e. The van der Waals surface area contributed by atoms with Crippen LogP contribution in [0.1, 0.15) is 44.7 Å². The zero-order chi connectivity index (χ0) is 16.7. The number of ether oxygens (including phenoxy) is 1. The summed E-state index contributed by atoms with van der Waals surface area (Å²) in [6.07, 6.45) is 1.91. The standard InChI is InChI=1S/C17H25N3O3/c1-3-12(2)19-16(21)8-10-18-17(22)20-14-9-11-23-15-7-5-4-6-13(14)15/h4-7,12,14H,3,8-11H2,1-2H3,(H,19,21)(H2,18,20,22)/t12-,14+/m0/s1. The highest BCUT2D eigenvalue weighted by molar-refractivity contribution is 5.78. The van der Waals surface area contributed by atoms with Crippen LogP contribution in [0, 0.1) is 0 Å². The summed E-state index contributed by atoms with van der Waals surface area (Å²) in [4.78, 5) is 23.6. The van der Waals surface area contributed by atoms with Crippen molar-refractivity contribution in [1.29, 1.82) is 0 Å². The van der Waals surface area contributed by atoms with Gasteiger partial charge in [0.05, 0.1) is 12.6 Å². The van der Waals surface area contributed by atoms with E-state index < -0.39 is 0 Å². The largest absolute Gasteiger partial charge is 0.493 e. The molecule has 3 N–H and O–H groups in total. The normalized spacial score (nSPS) is 17.4. The summed E-state index contributed by atoms with van der Waals surface area (Å²) in [5, 5.41) is 8.54. The van der Waals surface area contributed by atoms with Crippen LogP contribution in [0.25, 0.3) is 0 Å². The molecule has 2 rings (SSSR count). The number of hydrogen-bond donors (Lipinski definition) is 3.